The van der Waals surface area contributed by atoms with Crippen molar-refractivity contribution in [3.8, 4) is 0 Å². The lowest BCUT2D eigenvalue weighted by atomic mass is 10.1. The van der Waals surface area contributed by atoms with Crippen molar-refractivity contribution in [1.82, 2.24) is 4.90 Å². The summed E-state index contributed by atoms with van der Waals surface area (Å²) >= 11 is 3.83. The van der Waals surface area contributed by atoms with Gasteiger partial charge in [0.15, 0.2) is 0 Å². The number of nitrogens with zero attached hydrogens (tertiary/aromatic N) is 3. The minimum atomic E-state index is 0.971. The summed E-state index contributed by atoms with van der Waals surface area (Å²) in [5.41, 5.74) is 7.16. The first-order valence-electron chi connectivity index (χ1n) is 16.6. The van der Waals surface area contributed by atoms with E-state index in [2.05, 4.69) is 125 Å². The van der Waals surface area contributed by atoms with Gasteiger partial charge in [0, 0.05) is 42.4 Å². The van der Waals surface area contributed by atoms with Gasteiger partial charge >= 0.3 is 0 Å². The van der Waals surface area contributed by atoms with Crippen LogP contribution in [0.2, 0.25) is 0 Å². The van der Waals surface area contributed by atoms with Crippen LogP contribution in [0.1, 0.15) is 51.0 Å². The summed E-state index contributed by atoms with van der Waals surface area (Å²) in [5, 5.41) is 7.93. The van der Waals surface area contributed by atoms with E-state index in [0.29, 0.717) is 0 Å². The van der Waals surface area contributed by atoms with Crippen molar-refractivity contribution in [1.29, 1.82) is 0 Å². The molecule has 2 aliphatic heterocycles. The molecule has 1 saturated heterocycles. The number of aromatic nitrogens is 1. The highest BCUT2D eigenvalue weighted by Crippen LogP contribution is 2.48. The standard InChI is InChI=1S/C40H40N3S2/c1-3-42-34-24-30-12-6-8-14-32(30)26-36(34)44-38(42)20-18-28-16-17-29(40(28)41-22-10-5-11-23-41)19-21-39-43(4-2)35-25-31-13-7-9-15-33(31)27-37(35)45-39/h6-9,12-15,18-21,24-27H,3-5,10-11,16-17,22-23H2,1-2H3/q+1. The molecular formula is C40H40N3S2+. The van der Waals surface area contributed by atoms with E-state index in [1.54, 1.807) is 0 Å². The van der Waals surface area contributed by atoms with E-state index in [-0.39, 0.29) is 0 Å². The molecule has 3 aliphatic rings. The normalized spacial score (nSPS) is 19.1. The molecule has 4 aromatic carbocycles. The SMILES string of the molecule is CCN1C(=CC=C2CCC(C=Cc3sc4cc5ccccc5cc4[n+]3CC)=C2N2CCCCC2)Sc2cc3ccccc3cc21. The zero-order chi connectivity index (χ0) is 30.3. The predicted octanol–water partition coefficient (Wildman–Crippen LogP) is 10.5. The molecule has 0 radical (unpaired) electrons. The van der Waals surface area contributed by atoms with E-state index in [1.807, 2.05) is 23.1 Å². The number of rotatable bonds is 6. The summed E-state index contributed by atoms with van der Waals surface area (Å²) in [6, 6.07) is 26.9. The molecule has 0 N–H and O–H groups in total. The topological polar surface area (TPSA) is 10.4 Å². The minimum Gasteiger partial charge on any atom is -0.371 e. The van der Waals surface area contributed by atoms with Gasteiger partial charge in [-0.3, -0.25) is 0 Å². The zero-order valence-electron chi connectivity index (χ0n) is 26.3. The third kappa shape index (κ3) is 5.30. The predicted molar refractivity (Wildman–Crippen MR) is 195 cm³/mol. The van der Waals surface area contributed by atoms with Crippen molar-refractivity contribution in [2.24, 2.45) is 0 Å². The van der Waals surface area contributed by atoms with Crippen LogP contribution in [-0.4, -0.2) is 24.5 Å². The fourth-order valence-corrected chi connectivity index (χ4v) is 9.70. The van der Waals surface area contributed by atoms with Crippen molar-refractivity contribution in [2.75, 3.05) is 24.5 Å². The second-order valence-electron chi connectivity index (χ2n) is 12.3. The molecule has 3 nitrogen and oxygen atoms in total. The average Bonchev–Trinajstić information content (AvgIpc) is 3.76. The van der Waals surface area contributed by atoms with Gasteiger partial charge in [-0.05, 0) is 109 Å². The van der Waals surface area contributed by atoms with Crippen LogP contribution in [0.4, 0.5) is 5.69 Å². The van der Waals surface area contributed by atoms with Gasteiger partial charge in [-0.15, -0.1) is 0 Å². The Bertz CT molecular complexity index is 2050. The molecule has 0 spiro atoms. The third-order valence-corrected chi connectivity index (χ3v) is 11.9. The second kappa shape index (κ2) is 12.2. The van der Waals surface area contributed by atoms with Crippen LogP contribution in [0.5, 0.6) is 0 Å². The van der Waals surface area contributed by atoms with Gasteiger partial charge in [-0.25, -0.2) is 0 Å². The molecule has 45 heavy (non-hydrogen) atoms. The third-order valence-electron chi connectivity index (χ3n) is 9.63. The minimum absolute atomic E-state index is 0.971. The monoisotopic (exact) mass is 626 g/mol. The first-order valence-corrected chi connectivity index (χ1v) is 18.2. The van der Waals surface area contributed by atoms with E-state index >= 15 is 0 Å². The van der Waals surface area contributed by atoms with Crippen molar-refractivity contribution in [3.05, 3.63) is 118 Å². The van der Waals surface area contributed by atoms with Gasteiger partial charge in [-0.1, -0.05) is 77.7 Å². The Labute approximate surface area is 274 Å². The molecule has 0 atom stereocenters. The van der Waals surface area contributed by atoms with E-state index in [9.17, 15) is 0 Å². The van der Waals surface area contributed by atoms with Crippen LogP contribution >= 0.6 is 23.1 Å². The molecule has 226 valence electrons. The number of aryl methyl sites for hydroxylation is 1. The zero-order valence-corrected chi connectivity index (χ0v) is 27.9. The largest absolute Gasteiger partial charge is 0.371 e. The highest BCUT2D eigenvalue weighted by Gasteiger charge is 2.27. The maximum atomic E-state index is 2.69. The lowest BCUT2D eigenvalue weighted by Crippen LogP contribution is -2.33. The number of allylic oxidation sites excluding steroid dienone is 5. The van der Waals surface area contributed by atoms with Crippen molar-refractivity contribution >= 4 is 66.6 Å². The molecule has 0 unspecified atom stereocenters. The Morgan fingerprint density at radius 3 is 2.22 bits per heavy atom. The number of anilines is 1. The summed E-state index contributed by atoms with van der Waals surface area (Å²) in [4.78, 5) is 6.53. The van der Waals surface area contributed by atoms with Crippen molar-refractivity contribution < 1.29 is 4.57 Å². The number of fused-ring (bicyclic) bond motifs is 4. The summed E-state index contributed by atoms with van der Waals surface area (Å²) in [7, 11) is 0. The second-order valence-corrected chi connectivity index (χ2v) is 14.4. The smallest absolute Gasteiger partial charge is 0.262 e. The fraction of sp³-hybridized carbons (Fsp3) is 0.275. The first kappa shape index (κ1) is 28.7. The van der Waals surface area contributed by atoms with Gasteiger partial charge in [0.25, 0.3) is 5.01 Å². The number of likely N-dealkylation sites (tertiary alicyclic amines) is 1. The summed E-state index contributed by atoms with van der Waals surface area (Å²) in [5.74, 6) is 0. The average molecular weight is 627 g/mol. The fourth-order valence-electron chi connectivity index (χ4n) is 7.38. The molecule has 5 aromatic rings. The first-order chi connectivity index (χ1) is 22.2. The van der Waals surface area contributed by atoms with Crippen LogP contribution in [0.3, 0.4) is 0 Å². The Morgan fingerprint density at radius 2 is 1.49 bits per heavy atom. The van der Waals surface area contributed by atoms with Gasteiger partial charge in [0.2, 0.25) is 5.52 Å². The van der Waals surface area contributed by atoms with Crippen molar-refractivity contribution in [2.45, 2.75) is 57.4 Å². The molecule has 8 rings (SSSR count). The number of hydrogen-bond donors (Lipinski definition) is 0. The van der Waals surface area contributed by atoms with Gasteiger partial charge in [0.05, 0.1) is 10.7 Å². The molecule has 1 aliphatic carbocycles. The quantitative estimate of drug-likeness (QED) is 0.174. The maximum absolute atomic E-state index is 2.69. The summed E-state index contributed by atoms with van der Waals surface area (Å²) in [6.45, 7) is 8.81. The summed E-state index contributed by atoms with van der Waals surface area (Å²) in [6.07, 6.45) is 15.8. The number of thiazole rings is 1. The van der Waals surface area contributed by atoms with Gasteiger partial charge in [-0.2, -0.15) is 4.57 Å². The Hall–Kier alpha value is -3.80. The highest BCUT2D eigenvalue weighted by molar-refractivity contribution is 8.03. The van der Waals surface area contributed by atoms with Crippen LogP contribution in [0.25, 0.3) is 37.8 Å². The Balaban J connectivity index is 1.15. The molecule has 3 heterocycles. The van der Waals surface area contributed by atoms with E-state index in [0.717, 1.165) is 25.9 Å². The van der Waals surface area contributed by atoms with Crippen LogP contribution < -0.4 is 9.47 Å². The molecular weight excluding hydrogens is 587 g/mol. The number of benzene rings is 4. The Morgan fingerprint density at radius 1 is 0.778 bits per heavy atom. The van der Waals surface area contributed by atoms with Gasteiger partial charge < -0.3 is 9.80 Å². The molecule has 1 aromatic heterocycles. The highest BCUT2D eigenvalue weighted by atomic mass is 32.2. The Kier molecular flexibility index (Phi) is 7.76. The van der Waals surface area contributed by atoms with E-state index in [4.69, 9.17) is 0 Å². The van der Waals surface area contributed by atoms with E-state index in [1.165, 1.54) is 102 Å². The summed E-state index contributed by atoms with van der Waals surface area (Å²) < 4.78 is 3.85. The lowest BCUT2D eigenvalue weighted by molar-refractivity contribution is -0.665. The molecule has 5 heteroatoms. The van der Waals surface area contributed by atoms with Crippen LogP contribution in [0, 0.1) is 0 Å². The number of piperidine rings is 1. The lowest BCUT2D eigenvalue weighted by Gasteiger charge is -2.31. The van der Waals surface area contributed by atoms with Crippen LogP contribution in [-0.2, 0) is 6.54 Å². The maximum Gasteiger partial charge on any atom is 0.262 e. The molecule has 0 amide bonds. The number of thioether (sulfide) groups is 1. The van der Waals surface area contributed by atoms with Crippen molar-refractivity contribution in [3.63, 3.8) is 0 Å². The molecule has 0 saturated carbocycles. The van der Waals surface area contributed by atoms with Crippen LogP contribution in [0.15, 0.2) is 118 Å². The molecule has 1 fully saturated rings. The van der Waals surface area contributed by atoms with Gasteiger partial charge in [0.1, 0.15) is 11.2 Å². The van der Waals surface area contributed by atoms with E-state index < -0.39 is 0 Å². The number of hydrogen-bond acceptors (Lipinski definition) is 4. The molecule has 0 bridgehead atoms.